The lowest BCUT2D eigenvalue weighted by Crippen LogP contribution is -2.06. The summed E-state index contributed by atoms with van der Waals surface area (Å²) in [4.78, 5) is 15.3. The zero-order valence-corrected chi connectivity index (χ0v) is 13.9. The van der Waals surface area contributed by atoms with Crippen LogP contribution in [0, 0.1) is 0 Å². The summed E-state index contributed by atoms with van der Waals surface area (Å²) in [5, 5.41) is 0. The molecule has 0 saturated carbocycles. The predicted octanol–water partition coefficient (Wildman–Crippen LogP) is 5.54. The number of aromatic nitrogens is 1. The monoisotopic (exact) mass is 359 g/mol. The highest BCUT2D eigenvalue weighted by Crippen LogP contribution is 2.38. The number of benzene rings is 2. The highest BCUT2D eigenvalue weighted by Gasteiger charge is 2.34. The molecule has 3 aromatic rings. The Labute approximate surface area is 148 Å². The average Bonchev–Trinajstić information content (AvgIpc) is 3.07. The first-order valence-corrected chi connectivity index (χ1v) is 8.04. The highest BCUT2D eigenvalue weighted by molar-refractivity contribution is 5.98. The molecule has 1 aromatic heterocycles. The summed E-state index contributed by atoms with van der Waals surface area (Å²) in [6, 6.07) is 15.6. The number of nitrogens with one attached hydrogen (secondary N) is 1. The van der Waals surface area contributed by atoms with Crippen molar-refractivity contribution in [1.29, 1.82) is 0 Å². The van der Waals surface area contributed by atoms with Crippen molar-refractivity contribution in [3.8, 4) is 22.5 Å². The Kier molecular flexibility index (Phi) is 4.84. The maximum atomic E-state index is 13.3. The molecule has 0 fully saturated rings. The van der Waals surface area contributed by atoms with Crippen LogP contribution < -0.4 is 0 Å². The van der Waals surface area contributed by atoms with Crippen molar-refractivity contribution < 1.29 is 22.7 Å². The summed E-state index contributed by atoms with van der Waals surface area (Å²) in [7, 11) is 0. The first kappa shape index (κ1) is 17.8. The Bertz CT molecular complexity index is 914. The summed E-state index contributed by atoms with van der Waals surface area (Å²) in [5.74, 6) is -0.585. The van der Waals surface area contributed by atoms with E-state index < -0.39 is 17.7 Å². The largest absolute Gasteiger partial charge is 0.462 e. The fourth-order valence-corrected chi connectivity index (χ4v) is 2.77. The number of rotatable bonds is 4. The molecule has 1 heterocycles. The van der Waals surface area contributed by atoms with Crippen molar-refractivity contribution in [3.05, 3.63) is 71.8 Å². The van der Waals surface area contributed by atoms with Gasteiger partial charge in [0.05, 0.1) is 23.4 Å². The molecular formula is C20H16F3NO2. The first-order valence-electron chi connectivity index (χ1n) is 8.04. The van der Waals surface area contributed by atoms with Crippen LogP contribution in [0.1, 0.15) is 22.8 Å². The molecule has 2 aromatic carbocycles. The molecule has 0 spiro atoms. The van der Waals surface area contributed by atoms with E-state index in [1.54, 1.807) is 31.2 Å². The zero-order valence-electron chi connectivity index (χ0n) is 13.9. The fraction of sp³-hybridized carbons (Fsp3) is 0.150. The second-order valence-corrected chi connectivity index (χ2v) is 5.60. The minimum atomic E-state index is -4.50. The molecule has 6 heteroatoms. The van der Waals surface area contributed by atoms with Crippen molar-refractivity contribution in [2.24, 2.45) is 0 Å². The van der Waals surface area contributed by atoms with Gasteiger partial charge in [0.2, 0.25) is 0 Å². The fourth-order valence-electron chi connectivity index (χ4n) is 2.77. The molecule has 0 unspecified atom stereocenters. The van der Waals surface area contributed by atoms with E-state index in [-0.39, 0.29) is 23.4 Å². The van der Waals surface area contributed by atoms with Gasteiger partial charge >= 0.3 is 12.1 Å². The lowest BCUT2D eigenvalue weighted by atomic mass is 10.0. The van der Waals surface area contributed by atoms with Crippen molar-refractivity contribution >= 4 is 5.97 Å². The van der Waals surface area contributed by atoms with E-state index in [9.17, 15) is 18.0 Å². The van der Waals surface area contributed by atoms with Gasteiger partial charge in [-0.1, -0.05) is 48.5 Å². The number of carbonyl (C=O) groups is 1. The van der Waals surface area contributed by atoms with Crippen LogP contribution in [0.2, 0.25) is 0 Å². The van der Waals surface area contributed by atoms with Gasteiger partial charge in [-0.05, 0) is 24.6 Å². The minimum Gasteiger partial charge on any atom is -0.462 e. The van der Waals surface area contributed by atoms with Gasteiger partial charge in [-0.25, -0.2) is 4.79 Å². The van der Waals surface area contributed by atoms with Crippen LogP contribution in [-0.4, -0.2) is 17.6 Å². The first-order chi connectivity index (χ1) is 12.4. The molecule has 0 aliphatic rings. The minimum absolute atomic E-state index is 0.0206. The smallest absolute Gasteiger partial charge is 0.417 e. The van der Waals surface area contributed by atoms with E-state index in [1.807, 2.05) is 6.07 Å². The second-order valence-electron chi connectivity index (χ2n) is 5.60. The quantitative estimate of drug-likeness (QED) is 0.621. The molecule has 0 aliphatic carbocycles. The molecule has 0 radical (unpaired) electrons. The van der Waals surface area contributed by atoms with E-state index in [0.29, 0.717) is 11.3 Å². The van der Waals surface area contributed by atoms with Gasteiger partial charge in [0.15, 0.2) is 0 Å². The number of ether oxygens (including phenoxy) is 1. The molecular weight excluding hydrogens is 343 g/mol. The van der Waals surface area contributed by atoms with Gasteiger partial charge in [-0.3, -0.25) is 0 Å². The third-order valence-electron chi connectivity index (χ3n) is 3.90. The van der Waals surface area contributed by atoms with Gasteiger partial charge in [0, 0.05) is 11.3 Å². The maximum absolute atomic E-state index is 13.3. The summed E-state index contributed by atoms with van der Waals surface area (Å²) in [6.45, 7) is 1.85. The lowest BCUT2D eigenvalue weighted by Gasteiger charge is -2.11. The Morgan fingerprint density at radius 3 is 2.35 bits per heavy atom. The van der Waals surface area contributed by atoms with Gasteiger partial charge in [0.25, 0.3) is 0 Å². The number of alkyl halides is 3. The van der Waals surface area contributed by atoms with Crippen LogP contribution in [-0.2, 0) is 10.9 Å². The third-order valence-corrected chi connectivity index (χ3v) is 3.90. The van der Waals surface area contributed by atoms with Crippen LogP contribution in [0.3, 0.4) is 0 Å². The van der Waals surface area contributed by atoms with E-state index >= 15 is 0 Å². The van der Waals surface area contributed by atoms with Crippen LogP contribution in [0.25, 0.3) is 22.5 Å². The van der Waals surface area contributed by atoms with Gasteiger partial charge in [-0.2, -0.15) is 13.2 Å². The standard InChI is InChI=1S/C20H16F3NO2/c1-2-26-19(25)15-12-17(24-18(15)13-8-4-3-5-9-13)14-10-6-7-11-16(14)20(21,22)23/h3-12,24H,2H2,1H3. The van der Waals surface area contributed by atoms with E-state index in [2.05, 4.69) is 4.98 Å². The summed E-state index contributed by atoms with van der Waals surface area (Å²) in [5.41, 5.74) is 0.733. The van der Waals surface area contributed by atoms with Crippen molar-refractivity contribution in [3.63, 3.8) is 0 Å². The van der Waals surface area contributed by atoms with Crippen LogP contribution in [0.15, 0.2) is 60.7 Å². The molecule has 0 saturated heterocycles. The Morgan fingerprint density at radius 1 is 1.04 bits per heavy atom. The SMILES string of the molecule is CCOC(=O)c1cc(-c2ccccc2C(F)(F)F)[nH]c1-c1ccccc1. The summed E-state index contributed by atoms with van der Waals surface area (Å²) < 4.78 is 45.1. The summed E-state index contributed by atoms with van der Waals surface area (Å²) in [6.07, 6.45) is -4.50. The number of H-pyrrole nitrogens is 1. The van der Waals surface area contributed by atoms with Crippen molar-refractivity contribution in [2.75, 3.05) is 6.61 Å². The molecule has 134 valence electrons. The lowest BCUT2D eigenvalue weighted by molar-refractivity contribution is -0.137. The van der Waals surface area contributed by atoms with E-state index in [1.165, 1.54) is 24.3 Å². The van der Waals surface area contributed by atoms with Crippen LogP contribution >= 0.6 is 0 Å². The van der Waals surface area contributed by atoms with E-state index in [4.69, 9.17) is 4.74 Å². The highest BCUT2D eigenvalue weighted by atomic mass is 19.4. The Morgan fingerprint density at radius 2 is 1.69 bits per heavy atom. The topological polar surface area (TPSA) is 42.1 Å². The van der Waals surface area contributed by atoms with E-state index in [0.717, 1.165) is 6.07 Å². The molecule has 0 amide bonds. The molecule has 3 nitrogen and oxygen atoms in total. The van der Waals surface area contributed by atoms with Gasteiger partial charge in [0.1, 0.15) is 0 Å². The molecule has 26 heavy (non-hydrogen) atoms. The predicted molar refractivity (Wildman–Crippen MR) is 92.6 cm³/mol. The molecule has 1 N–H and O–H groups in total. The summed E-state index contributed by atoms with van der Waals surface area (Å²) >= 11 is 0. The average molecular weight is 359 g/mol. The van der Waals surface area contributed by atoms with Gasteiger partial charge < -0.3 is 9.72 Å². The molecule has 0 atom stereocenters. The van der Waals surface area contributed by atoms with Crippen LogP contribution in [0.5, 0.6) is 0 Å². The second kappa shape index (κ2) is 7.07. The molecule has 0 aliphatic heterocycles. The zero-order chi connectivity index (χ0) is 18.7. The Balaban J connectivity index is 2.18. The van der Waals surface area contributed by atoms with Gasteiger partial charge in [-0.15, -0.1) is 0 Å². The Hall–Kier alpha value is -3.02. The number of aromatic amines is 1. The van der Waals surface area contributed by atoms with Crippen molar-refractivity contribution in [2.45, 2.75) is 13.1 Å². The third kappa shape index (κ3) is 3.49. The normalized spacial score (nSPS) is 11.4. The number of hydrogen-bond acceptors (Lipinski definition) is 2. The van der Waals surface area contributed by atoms with Crippen LogP contribution in [0.4, 0.5) is 13.2 Å². The maximum Gasteiger partial charge on any atom is 0.417 e. The number of esters is 1. The molecule has 3 rings (SSSR count). The molecule has 0 bridgehead atoms. The van der Waals surface area contributed by atoms with Crippen molar-refractivity contribution in [1.82, 2.24) is 4.98 Å². The number of carbonyl (C=O) groups excluding carboxylic acids is 1. The number of hydrogen-bond donors (Lipinski definition) is 1. The number of halogens is 3.